The molecule has 0 spiro atoms. The highest BCUT2D eigenvalue weighted by Gasteiger charge is 2.05. The maximum absolute atomic E-state index is 4.61. The number of hydrogen-bond donors (Lipinski definition) is 2. The fourth-order valence-electron chi connectivity index (χ4n) is 2.02. The van der Waals surface area contributed by atoms with Gasteiger partial charge in [-0.2, -0.15) is 0 Å². The van der Waals surface area contributed by atoms with Crippen molar-refractivity contribution in [2.75, 3.05) is 0 Å². The molecule has 1 aromatic heterocycles. The van der Waals surface area contributed by atoms with Crippen molar-refractivity contribution >= 4 is 11.0 Å². The molecule has 0 amide bonds. The molecule has 0 bridgehead atoms. The summed E-state index contributed by atoms with van der Waals surface area (Å²) in [4.78, 5) is 8.03. The summed E-state index contributed by atoms with van der Waals surface area (Å²) in [5.41, 5.74) is 3.52. The smallest absolute Gasteiger partial charge is 0.107 e. The number of H-pyrrole nitrogens is 1. The summed E-state index contributed by atoms with van der Waals surface area (Å²) in [6.07, 6.45) is 1.01. The van der Waals surface area contributed by atoms with Crippen LogP contribution in [-0.2, 0) is 13.0 Å². The van der Waals surface area contributed by atoms with Crippen LogP contribution in [0.15, 0.2) is 18.2 Å². The summed E-state index contributed by atoms with van der Waals surface area (Å²) in [6.45, 7) is 9.66. The van der Waals surface area contributed by atoms with Crippen LogP contribution in [0, 0.1) is 5.92 Å². The monoisotopic (exact) mass is 245 g/mol. The molecule has 1 aromatic carbocycles. The van der Waals surface area contributed by atoms with Crippen LogP contribution in [0.3, 0.4) is 0 Å². The van der Waals surface area contributed by atoms with Crippen molar-refractivity contribution in [3.63, 3.8) is 0 Å². The third kappa shape index (κ3) is 3.33. The topological polar surface area (TPSA) is 40.7 Å². The third-order valence-electron chi connectivity index (χ3n) is 2.91. The van der Waals surface area contributed by atoms with Gasteiger partial charge >= 0.3 is 0 Å². The zero-order chi connectivity index (χ0) is 13.1. The first-order valence-electron chi connectivity index (χ1n) is 6.75. The lowest BCUT2D eigenvalue weighted by atomic mass is 10.1. The third-order valence-corrected chi connectivity index (χ3v) is 2.91. The predicted molar refractivity (Wildman–Crippen MR) is 76.6 cm³/mol. The van der Waals surface area contributed by atoms with Gasteiger partial charge in [0.1, 0.15) is 5.82 Å². The van der Waals surface area contributed by atoms with Crippen LogP contribution in [-0.4, -0.2) is 16.0 Å². The van der Waals surface area contributed by atoms with Crippen LogP contribution in [0.4, 0.5) is 0 Å². The van der Waals surface area contributed by atoms with Crippen molar-refractivity contribution in [1.82, 2.24) is 15.3 Å². The standard InChI is InChI=1S/C15H23N3/c1-10(2)7-15-17-13-6-5-12(8-14(13)18-15)9-16-11(3)4/h5-6,8,10-11,16H,7,9H2,1-4H3,(H,17,18). The minimum atomic E-state index is 0.513. The van der Waals surface area contributed by atoms with Gasteiger partial charge in [0.05, 0.1) is 11.0 Å². The summed E-state index contributed by atoms with van der Waals surface area (Å²) in [5.74, 6) is 1.72. The molecule has 0 aliphatic carbocycles. The number of nitrogens with one attached hydrogen (secondary N) is 2. The normalized spacial score (nSPS) is 11.9. The van der Waals surface area contributed by atoms with Gasteiger partial charge in [-0.1, -0.05) is 33.8 Å². The second-order valence-electron chi connectivity index (χ2n) is 5.67. The molecule has 98 valence electrons. The van der Waals surface area contributed by atoms with E-state index in [2.05, 4.69) is 61.2 Å². The Balaban J connectivity index is 2.17. The Morgan fingerprint density at radius 3 is 2.67 bits per heavy atom. The van der Waals surface area contributed by atoms with Crippen LogP contribution in [0.25, 0.3) is 11.0 Å². The summed E-state index contributed by atoms with van der Waals surface area (Å²) < 4.78 is 0. The molecule has 0 saturated carbocycles. The van der Waals surface area contributed by atoms with E-state index in [1.54, 1.807) is 0 Å². The van der Waals surface area contributed by atoms with Crippen molar-refractivity contribution in [1.29, 1.82) is 0 Å². The number of aromatic amines is 1. The Labute approximate surface area is 109 Å². The van der Waals surface area contributed by atoms with Gasteiger partial charge in [0.2, 0.25) is 0 Å². The Morgan fingerprint density at radius 2 is 2.00 bits per heavy atom. The van der Waals surface area contributed by atoms with E-state index in [0.717, 1.165) is 29.8 Å². The van der Waals surface area contributed by atoms with Gasteiger partial charge in [-0.15, -0.1) is 0 Å². The molecular weight excluding hydrogens is 222 g/mol. The minimum absolute atomic E-state index is 0.513. The largest absolute Gasteiger partial charge is 0.342 e. The van der Waals surface area contributed by atoms with Crippen molar-refractivity contribution in [3.05, 3.63) is 29.6 Å². The molecule has 0 fully saturated rings. The summed E-state index contributed by atoms with van der Waals surface area (Å²) >= 11 is 0. The molecule has 3 nitrogen and oxygen atoms in total. The molecule has 18 heavy (non-hydrogen) atoms. The van der Waals surface area contributed by atoms with Gasteiger partial charge in [0.15, 0.2) is 0 Å². The molecule has 0 atom stereocenters. The first-order valence-corrected chi connectivity index (χ1v) is 6.75. The van der Waals surface area contributed by atoms with Crippen LogP contribution < -0.4 is 5.32 Å². The zero-order valence-electron chi connectivity index (χ0n) is 11.7. The molecule has 0 aliphatic rings. The summed E-state index contributed by atoms with van der Waals surface area (Å²) in [7, 11) is 0. The Bertz CT molecular complexity index is 511. The molecule has 2 rings (SSSR count). The first kappa shape index (κ1) is 13.1. The summed E-state index contributed by atoms with van der Waals surface area (Å²) in [6, 6.07) is 6.96. The van der Waals surface area contributed by atoms with Crippen molar-refractivity contribution in [3.8, 4) is 0 Å². The molecule has 1 heterocycles. The van der Waals surface area contributed by atoms with E-state index >= 15 is 0 Å². The molecular formula is C15H23N3. The SMILES string of the molecule is CC(C)Cc1nc2ccc(CNC(C)C)cc2[nH]1. The zero-order valence-corrected chi connectivity index (χ0v) is 11.7. The number of hydrogen-bond acceptors (Lipinski definition) is 2. The average molecular weight is 245 g/mol. The number of imidazole rings is 1. The lowest BCUT2D eigenvalue weighted by Crippen LogP contribution is -2.21. The lowest BCUT2D eigenvalue weighted by Gasteiger charge is -2.07. The molecule has 2 N–H and O–H groups in total. The highest BCUT2D eigenvalue weighted by molar-refractivity contribution is 5.75. The van der Waals surface area contributed by atoms with Crippen LogP contribution in [0.5, 0.6) is 0 Å². The summed E-state index contributed by atoms with van der Waals surface area (Å²) in [5, 5.41) is 3.43. The fraction of sp³-hybridized carbons (Fsp3) is 0.533. The van der Waals surface area contributed by atoms with E-state index < -0.39 is 0 Å². The average Bonchev–Trinajstić information content (AvgIpc) is 2.66. The molecule has 0 aliphatic heterocycles. The highest BCUT2D eigenvalue weighted by atomic mass is 14.9. The van der Waals surface area contributed by atoms with Gasteiger partial charge < -0.3 is 10.3 Å². The number of nitrogens with zero attached hydrogens (tertiary/aromatic N) is 1. The number of rotatable bonds is 5. The van der Waals surface area contributed by atoms with E-state index in [1.165, 1.54) is 5.56 Å². The Kier molecular flexibility index (Phi) is 4.02. The van der Waals surface area contributed by atoms with Crippen LogP contribution >= 0.6 is 0 Å². The van der Waals surface area contributed by atoms with Crippen LogP contribution in [0.2, 0.25) is 0 Å². The van der Waals surface area contributed by atoms with Crippen molar-refractivity contribution in [2.24, 2.45) is 5.92 Å². The molecule has 0 unspecified atom stereocenters. The maximum atomic E-state index is 4.61. The second-order valence-corrected chi connectivity index (χ2v) is 5.67. The number of fused-ring (bicyclic) bond motifs is 1. The predicted octanol–water partition coefficient (Wildman–Crippen LogP) is 3.26. The Hall–Kier alpha value is -1.35. The Morgan fingerprint density at radius 1 is 1.22 bits per heavy atom. The lowest BCUT2D eigenvalue weighted by molar-refractivity contribution is 0.589. The van der Waals surface area contributed by atoms with Gasteiger partial charge in [-0.3, -0.25) is 0 Å². The van der Waals surface area contributed by atoms with E-state index in [4.69, 9.17) is 0 Å². The molecule has 2 aromatic rings. The van der Waals surface area contributed by atoms with Crippen molar-refractivity contribution in [2.45, 2.75) is 46.7 Å². The second kappa shape index (κ2) is 5.53. The van der Waals surface area contributed by atoms with Gasteiger partial charge in [-0.05, 0) is 23.6 Å². The number of benzene rings is 1. The van der Waals surface area contributed by atoms with Gasteiger partial charge in [0, 0.05) is 19.0 Å². The fourth-order valence-corrected chi connectivity index (χ4v) is 2.02. The minimum Gasteiger partial charge on any atom is -0.342 e. The molecule has 0 radical (unpaired) electrons. The van der Waals surface area contributed by atoms with E-state index in [9.17, 15) is 0 Å². The molecule has 3 heteroatoms. The van der Waals surface area contributed by atoms with Crippen molar-refractivity contribution < 1.29 is 0 Å². The van der Waals surface area contributed by atoms with Gasteiger partial charge in [0.25, 0.3) is 0 Å². The van der Waals surface area contributed by atoms with E-state index in [0.29, 0.717) is 12.0 Å². The number of aromatic nitrogens is 2. The van der Waals surface area contributed by atoms with Gasteiger partial charge in [-0.25, -0.2) is 4.98 Å². The van der Waals surface area contributed by atoms with Crippen LogP contribution in [0.1, 0.15) is 39.1 Å². The quantitative estimate of drug-likeness (QED) is 0.849. The molecule has 0 saturated heterocycles. The highest BCUT2D eigenvalue weighted by Crippen LogP contribution is 2.15. The van der Waals surface area contributed by atoms with E-state index in [-0.39, 0.29) is 0 Å². The maximum Gasteiger partial charge on any atom is 0.107 e. The first-order chi connectivity index (χ1) is 8.54. The van der Waals surface area contributed by atoms with E-state index in [1.807, 2.05) is 0 Å².